The summed E-state index contributed by atoms with van der Waals surface area (Å²) in [5, 5.41) is 38.3. The van der Waals surface area contributed by atoms with Crippen LogP contribution in [0.25, 0.3) is 0 Å². The standard InChI is InChI=1S/C32H45N3O8/c1-6-32(42)14-11-23-21-8-7-19-15-20(9-12-30(19,4)22(21)10-13-31(23,32)5)35-43-17-25(36)34-27(18(2)3)28(39)33-24(29(40)41)16-26(37)38/h1,15,18,21-24,27,42H,7-14,16-17H2,2-5H3,(H,33,39)(H,34,36)(H,37,38)(H,40,41). The molecular formula is C32H45N3O8. The van der Waals surface area contributed by atoms with Crippen LogP contribution in [-0.4, -0.2) is 69.1 Å². The Labute approximate surface area is 252 Å². The predicted octanol–water partition coefficient (Wildman–Crippen LogP) is 2.87. The Morgan fingerprint density at radius 2 is 1.77 bits per heavy atom. The first-order valence-corrected chi connectivity index (χ1v) is 15.3. The molecule has 8 unspecified atom stereocenters. The maximum Gasteiger partial charge on any atom is 0.326 e. The molecule has 11 nitrogen and oxygen atoms in total. The monoisotopic (exact) mass is 599 g/mol. The molecule has 0 bridgehead atoms. The first-order valence-electron chi connectivity index (χ1n) is 15.3. The summed E-state index contributed by atoms with van der Waals surface area (Å²) in [7, 11) is 0. The topological polar surface area (TPSA) is 175 Å². The van der Waals surface area contributed by atoms with Gasteiger partial charge in [0.2, 0.25) is 5.91 Å². The molecule has 0 aromatic carbocycles. The number of carbonyl (C=O) groups is 4. The highest BCUT2D eigenvalue weighted by molar-refractivity contribution is 5.96. The van der Waals surface area contributed by atoms with Crippen LogP contribution in [0, 0.1) is 46.8 Å². The van der Waals surface area contributed by atoms with Crippen molar-refractivity contribution in [3.8, 4) is 12.3 Å². The van der Waals surface area contributed by atoms with E-state index in [9.17, 15) is 29.4 Å². The van der Waals surface area contributed by atoms with Gasteiger partial charge in [-0.1, -0.05) is 44.3 Å². The molecule has 11 heteroatoms. The van der Waals surface area contributed by atoms with Crippen molar-refractivity contribution < 1.29 is 39.3 Å². The summed E-state index contributed by atoms with van der Waals surface area (Å²) in [4.78, 5) is 52.9. The molecule has 5 N–H and O–H groups in total. The van der Waals surface area contributed by atoms with E-state index in [0.717, 1.165) is 44.2 Å². The van der Waals surface area contributed by atoms with Gasteiger partial charge in [-0.15, -0.1) is 6.42 Å². The van der Waals surface area contributed by atoms with Crippen molar-refractivity contribution in [2.24, 2.45) is 39.7 Å². The van der Waals surface area contributed by atoms with Gasteiger partial charge in [-0.2, -0.15) is 0 Å². The van der Waals surface area contributed by atoms with Gasteiger partial charge in [0.25, 0.3) is 5.91 Å². The van der Waals surface area contributed by atoms with Crippen molar-refractivity contribution in [1.29, 1.82) is 0 Å². The molecule has 4 rings (SSSR count). The van der Waals surface area contributed by atoms with Crippen LogP contribution in [-0.2, 0) is 24.0 Å². The van der Waals surface area contributed by atoms with Gasteiger partial charge in [0, 0.05) is 5.41 Å². The molecule has 3 fully saturated rings. The lowest BCUT2D eigenvalue weighted by atomic mass is 9.46. The molecule has 8 atom stereocenters. The van der Waals surface area contributed by atoms with E-state index in [2.05, 4.69) is 41.6 Å². The van der Waals surface area contributed by atoms with Gasteiger partial charge in [-0.3, -0.25) is 14.4 Å². The molecule has 0 saturated heterocycles. The Hall–Kier alpha value is -3.39. The van der Waals surface area contributed by atoms with Crippen molar-refractivity contribution in [3.63, 3.8) is 0 Å². The summed E-state index contributed by atoms with van der Waals surface area (Å²) >= 11 is 0. The van der Waals surface area contributed by atoms with Gasteiger partial charge in [0.15, 0.2) is 6.61 Å². The van der Waals surface area contributed by atoms with E-state index in [1.165, 1.54) is 5.57 Å². The van der Waals surface area contributed by atoms with E-state index in [0.29, 0.717) is 30.6 Å². The summed E-state index contributed by atoms with van der Waals surface area (Å²) in [6, 6.07) is -2.70. The molecule has 43 heavy (non-hydrogen) atoms. The SMILES string of the molecule is C#CC1(O)CCC2C3CCC4=CC(=NOCC(=O)NC(C(=O)NC(CC(=O)O)C(=O)O)C(C)C)CCC4(C)C3CCC21C. The zero-order chi connectivity index (χ0) is 31.7. The first kappa shape index (κ1) is 32.5. The number of amides is 2. The van der Waals surface area contributed by atoms with Crippen molar-refractivity contribution in [1.82, 2.24) is 10.6 Å². The van der Waals surface area contributed by atoms with Crippen molar-refractivity contribution in [2.45, 2.75) is 103 Å². The van der Waals surface area contributed by atoms with Crippen molar-refractivity contribution in [2.75, 3.05) is 6.61 Å². The number of carbonyl (C=O) groups excluding carboxylic acids is 2. The smallest absolute Gasteiger partial charge is 0.326 e. The lowest BCUT2D eigenvalue weighted by molar-refractivity contribution is -0.147. The van der Waals surface area contributed by atoms with Crippen LogP contribution in [0.1, 0.15) is 85.5 Å². The van der Waals surface area contributed by atoms with E-state index in [1.54, 1.807) is 13.8 Å². The molecule has 2 amide bonds. The van der Waals surface area contributed by atoms with Crippen LogP contribution in [0.2, 0.25) is 0 Å². The highest BCUT2D eigenvalue weighted by atomic mass is 16.6. The number of allylic oxidation sites excluding steroid dienone is 2. The van der Waals surface area contributed by atoms with Crippen molar-refractivity contribution >= 4 is 29.5 Å². The van der Waals surface area contributed by atoms with Gasteiger partial charge in [-0.05, 0) is 86.5 Å². The third-order valence-corrected chi connectivity index (χ3v) is 11.0. The Bertz CT molecular complexity index is 1250. The number of rotatable bonds is 10. The van der Waals surface area contributed by atoms with Gasteiger partial charge in [0.1, 0.15) is 17.7 Å². The average Bonchev–Trinajstić information content (AvgIpc) is 3.21. The Balaban J connectivity index is 1.35. The Morgan fingerprint density at radius 1 is 1.07 bits per heavy atom. The minimum absolute atomic E-state index is 0.0454. The second-order valence-electron chi connectivity index (χ2n) is 13.6. The molecule has 236 valence electrons. The first-order chi connectivity index (χ1) is 20.1. The van der Waals surface area contributed by atoms with Crippen LogP contribution < -0.4 is 10.6 Å². The highest BCUT2D eigenvalue weighted by Gasteiger charge is 2.63. The van der Waals surface area contributed by atoms with Crippen LogP contribution in [0.15, 0.2) is 16.8 Å². The quantitative estimate of drug-likeness (QED) is 0.188. The Kier molecular flexibility index (Phi) is 9.31. The number of fused-ring (bicyclic) bond motifs is 5. The number of terminal acetylenes is 1. The molecule has 0 radical (unpaired) electrons. The molecule has 3 saturated carbocycles. The van der Waals surface area contributed by atoms with Crippen LogP contribution in [0.5, 0.6) is 0 Å². The molecule has 0 aromatic heterocycles. The fourth-order valence-electron chi connectivity index (χ4n) is 8.46. The molecular weight excluding hydrogens is 554 g/mol. The number of nitrogens with one attached hydrogen (secondary N) is 2. The lowest BCUT2D eigenvalue weighted by Gasteiger charge is -2.58. The van der Waals surface area contributed by atoms with E-state index in [4.69, 9.17) is 16.4 Å². The van der Waals surface area contributed by atoms with E-state index in [1.807, 2.05) is 0 Å². The van der Waals surface area contributed by atoms with Crippen LogP contribution in [0.4, 0.5) is 0 Å². The van der Waals surface area contributed by atoms with Gasteiger partial charge in [0.05, 0.1) is 12.1 Å². The minimum Gasteiger partial charge on any atom is -0.481 e. The zero-order valence-electron chi connectivity index (χ0n) is 25.5. The van der Waals surface area contributed by atoms with E-state index in [-0.39, 0.29) is 10.8 Å². The third-order valence-electron chi connectivity index (χ3n) is 11.0. The van der Waals surface area contributed by atoms with Gasteiger partial charge < -0.3 is 30.8 Å². The molecule has 0 aliphatic heterocycles. The number of hydrogen-bond acceptors (Lipinski definition) is 7. The summed E-state index contributed by atoms with van der Waals surface area (Å²) in [5.41, 5.74) is 0.909. The second kappa shape index (κ2) is 12.3. The fraction of sp³-hybridized carbons (Fsp3) is 0.719. The molecule has 0 spiro atoms. The molecule has 4 aliphatic carbocycles. The third kappa shape index (κ3) is 6.17. The van der Waals surface area contributed by atoms with Gasteiger partial charge in [-0.25, -0.2) is 4.79 Å². The van der Waals surface area contributed by atoms with Crippen LogP contribution in [0.3, 0.4) is 0 Å². The van der Waals surface area contributed by atoms with E-state index < -0.39 is 60.4 Å². The van der Waals surface area contributed by atoms with Crippen LogP contribution >= 0.6 is 0 Å². The Morgan fingerprint density at radius 3 is 2.40 bits per heavy atom. The van der Waals surface area contributed by atoms with E-state index >= 15 is 0 Å². The minimum atomic E-state index is -1.62. The molecule has 4 aliphatic rings. The summed E-state index contributed by atoms with van der Waals surface area (Å²) in [5.74, 6) is -0.430. The van der Waals surface area contributed by atoms with Crippen molar-refractivity contribution in [3.05, 3.63) is 11.6 Å². The maximum atomic E-state index is 12.6. The summed E-state index contributed by atoms with van der Waals surface area (Å²) in [6.07, 6.45) is 14.4. The number of carboxylic acids is 2. The number of nitrogens with zero attached hydrogens (tertiary/aromatic N) is 1. The number of aliphatic carboxylic acids is 2. The number of carboxylic acid groups (broad SMARTS) is 2. The summed E-state index contributed by atoms with van der Waals surface area (Å²) in [6.45, 7) is 7.46. The fourth-order valence-corrected chi connectivity index (χ4v) is 8.46. The number of oxime groups is 1. The predicted molar refractivity (Wildman–Crippen MR) is 157 cm³/mol. The molecule has 0 aromatic rings. The summed E-state index contributed by atoms with van der Waals surface area (Å²) < 4.78 is 0. The molecule has 0 heterocycles. The van der Waals surface area contributed by atoms with Gasteiger partial charge >= 0.3 is 11.9 Å². The number of hydrogen-bond donors (Lipinski definition) is 5. The largest absolute Gasteiger partial charge is 0.481 e. The maximum absolute atomic E-state index is 12.6. The number of aliphatic hydroxyl groups is 1. The zero-order valence-corrected chi connectivity index (χ0v) is 25.5. The average molecular weight is 600 g/mol. The normalized spacial score (nSPS) is 35.3. The lowest BCUT2D eigenvalue weighted by Crippen LogP contribution is -2.54. The second-order valence-corrected chi connectivity index (χ2v) is 13.6. The highest BCUT2D eigenvalue weighted by Crippen LogP contribution is 2.67.